The number of ether oxygens (including phenoxy) is 1. The van der Waals surface area contributed by atoms with Gasteiger partial charge < -0.3 is 15.8 Å². The van der Waals surface area contributed by atoms with E-state index in [-0.39, 0.29) is 5.91 Å². The standard InChI is InChI=1S/C15H20N2O3/c1-20-15(19)13(8-5-11-16)17-14(18)10-9-12-6-3-2-4-7-12/h2-4,6-7,9-10,13H,5,8,11,16H2,1H3,(H,17,18)/b10-9+/t13-/m0/s1. The van der Waals surface area contributed by atoms with Crippen LogP contribution in [0.2, 0.25) is 0 Å². The number of nitrogens with two attached hydrogens (primary N) is 1. The molecule has 0 saturated heterocycles. The highest BCUT2D eigenvalue weighted by atomic mass is 16.5. The minimum atomic E-state index is -0.656. The summed E-state index contributed by atoms with van der Waals surface area (Å²) < 4.78 is 4.65. The zero-order chi connectivity index (χ0) is 14.8. The number of carbonyl (C=O) groups is 2. The van der Waals surface area contributed by atoms with Gasteiger partial charge in [-0.05, 0) is 31.0 Å². The molecule has 20 heavy (non-hydrogen) atoms. The third kappa shape index (κ3) is 5.67. The van der Waals surface area contributed by atoms with Crippen molar-refractivity contribution in [2.75, 3.05) is 13.7 Å². The maximum absolute atomic E-state index is 11.8. The van der Waals surface area contributed by atoms with Crippen LogP contribution in [0.4, 0.5) is 0 Å². The number of hydrogen-bond donors (Lipinski definition) is 2. The fourth-order valence-corrected chi connectivity index (χ4v) is 1.67. The summed E-state index contributed by atoms with van der Waals surface area (Å²) in [6.07, 6.45) is 4.19. The molecule has 3 N–H and O–H groups in total. The van der Waals surface area contributed by atoms with E-state index >= 15 is 0 Å². The molecule has 0 aromatic heterocycles. The molecule has 0 bridgehead atoms. The predicted molar refractivity (Wildman–Crippen MR) is 77.7 cm³/mol. The minimum Gasteiger partial charge on any atom is -0.467 e. The number of nitrogens with one attached hydrogen (secondary N) is 1. The maximum atomic E-state index is 11.8. The van der Waals surface area contributed by atoms with Gasteiger partial charge >= 0.3 is 5.97 Å². The van der Waals surface area contributed by atoms with Crippen LogP contribution in [0.3, 0.4) is 0 Å². The second-order valence-corrected chi connectivity index (χ2v) is 4.26. The van der Waals surface area contributed by atoms with E-state index < -0.39 is 12.0 Å². The highest BCUT2D eigenvalue weighted by Gasteiger charge is 2.19. The first-order valence-electron chi connectivity index (χ1n) is 6.49. The van der Waals surface area contributed by atoms with Crippen molar-refractivity contribution in [1.29, 1.82) is 0 Å². The minimum absolute atomic E-state index is 0.332. The third-order valence-electron chi connectivity index (χ3n) is 2.73. The number of rotatable bonds is 7. The zero-order valence-electron chi connectivity index (χ0n) is 11.5. The van der Waals surface area contributed by atoms with Crippen LogP contribution in [-0.2, 0) is 14.3 Å². The first-order chi connectivity index (χ1) is 9.67. The summed E-state index contributed by atoms with van der Waals surface area (Å²) >= 11 is 0. The van der Waals surface area contributed by atoms with Crippen molar-refractivity contribution in [1.82, 2.24) is 5.32 Å². The molecule has 1 aromatic carbocycles. The van der Waals surface area contributed by atoms with Crippen LogP contribution in [0.5, 0.6) is 0 Å². The van der Waals surface area contributed by atoms with E-state index in [4.69, 9.17) is 5.73 Å². The normalized spacial score (nSPS) is 12.1. The van der Waals surface area contributed by atoms with E-state index in [0.29, 0.717) is 19.4 Å². The molecule has 0 unspecified atom stereocenters. The molecule has 0 spiro atoms. The van der Waals surface area contributed by atoms with Gasteiger partial charge in [0.2, 0.25) is 5.91 Å². The topological polar surface area (TPSA) is 81.4 Å². The molecule has 0 aliphatic heterocycles. The molecule has 0 radical (unpaired) electrons. The average Bonchev–Trinajstić information content (AvgIpc) is 2.49. The Morgan fingerprint density at radius 3 is 2.65 bits per heavy atom. The Labute approximate surface area is 118 Å². The summed E-state index contributed by atoms with van der Waals surface area (Å²) in [5, 5.41) is 2.62. The SMILES string of the molecule is COC(=O)[C@H](CCCN)NC(=O)/C=C/c1ccccc1. The molecule has 0 saturated carbocycles. The second-order valence-electron chi connectivity index (χ2n) is 4.26. The van der Waals surface area contributed by atoms with E-state index in [0.717, 1.165) is 5.56 Å². The molecule has 0 aliphatic carbocycles. The van der Waals surface area contributed by atoms with Gasteiger partial charge in [0.25, 0.3) is 0 Å². The van der Waals surface area contributed by atoms with Gasteiger partial charge in [-0.3, -0.25) is 4.79 Å². The van der Waals surface area contributed by atoms with Gasteiger partial charge in [0.1, 0.15) is 6.04 Å². The van der Waals surface area contributed by atoms with Crippen molar-refractivity contribution >= 4 is 18.0 Å². The number of carbonyl (C=O) groups excluding carboxylic acids is 2. The fourth-order valence-electron chi connectivity index (χ4n) is 1.67. The molecular formula is C15H20N2O3. The Hall–Kier alpha value is -2.14. The van der Waals surface area contributed by atoms with Crippen LogP contribution in [0.15, 0.2) is 36.4 Å². The Balaban J connectivity index is 2.57. The van der Waals surface area contributed by atoms with Crippen LogP contribution in [0.25, 0.3) is 6.08 Å². The number of esters is 1. The van der Waals surface area contributed by atoms with E-state index in [1.165, 1.54) is 13.2 Å². The first-order valence-corrected chi connectivity index (χ1v) is 6.49. The molecule has 0 heterocycles. The Morgan fingerprint density at radius 2 is 2.05 bits per heavy atom. The lowest BCUT2D eigenvalue weighted by atomic mass is 10.1. The van der Waals surface area contributed by atoms with Crippen LogP contribution >= 0.6 is 0 Å². The van der Waals surface area contributed by atoms with E-state index in [1.807, 2.05) is 30.3 Å². The zero-order valence-corrected chi connectivity index (χ0v) is 11.5. The van der Waals surface area contributed by atoms with Crippen LogP contribution < -0.4 is 11.1 Å². The van der Waals surface area contributed by atoms with Crippen LogP contribution in [0.1, 0.15) is 18.4 Å². The lowest BCUT2D eigenvalue weighted by Crippen LogP contribution is -2.41. The van der Waals surface area contributed by atoms with Crippen molar-refractivity contribution in [3.05, 3.63) is 42.0 Å². The molecule has 1 atom stereocenters. The molecular weight excluding hydrogens is 256 g/mol. The molecule has 0 fully saturated rings. The summed E-state index contributed by atoms with van der Waals surface area (Å²) in [5.74, 6) is -0.791. The van der Waals surface area contributed by atoms with Gasteiger partial charge in [0.05, 0.1) is 7.11 Å². The van der Waals surface area contributed by atoms with Gasteiger partial charge in [-0.1, -0.05) is 30.3 Å². The summed E-state index contributed by atoms with van der Waals surface area (Å²) in [4.78, 5) is 23.3. The Kier molecular flexibility index (Phi) is 7.06. The van der Waals surface area contributed by atoms with Crippen molar-refractivity contribution < 1.29 is 14.3 Å². The summed E-state index contributed by atoms with van der Waals surface area (Å²) in [5.41, 5.74) is 6.32. The summed E-state index contributed by atoms with van der Waals surface area (Å²) in [7, 11) is 1.30. The third-order valence-corrected chi connectivity index (χ3v) is 2.73. The lowest BCUT2D eigenvalue weighted by Gasteiger charge is -2.14. The van der Waals surface area contributed by atoms with Crippen molar-refractivity contribution in [2.24, 2.45) is 5.73 Å². The highest BCUT2D eigenvalue weighted by molar-refractivity contribution is 5.94. The Bertz CT molecular complexity index is 457. The van der Waals surface area contributed by atoms with Gasteiger partial charge in [0, 0.05) is 6.08 Å². The van der Waals surface area contributed by atoms with Gasteiger partial charge in [-0.2, -0.15) is 0 Å². The highest BCUT2D eigenvalue weighted by Crippen LogP contribution is 2.02. The number of hydrogen-bond acceptors (Lipinski definition) is 4. The Morgan fingerprint density at radius 1 is 1.35 bits per heavy atom. The monoisotopic (exact) mass is 276 g/mol. The van der Waals surface area contributed by atoms with Gasteiger partial charge in [0.15, 0.2) is 0 Å². The second kappa shape index (κ2) is 8.87. The van der Waals surface area contributed by atoms with Crippen LogP contribution in [0, 0.1) is 0 Å². The molecule has 1 aromatic rings. The average molecular weight is 276 g/mol. The molecule has 5 nitrogen and oxygen atoms in total. The van der Waals surface area contributed by atoms with Crippen molar-refractivity contribution in [2.45, 2.75) is 18.9 Å². The predicted octanol–water partition coefficient (Wildman–Crippen LogP) is 1.10. The fraction of sp³-hybridized carbons (Fsp3) is 0.333. The molecule has 0 aliphatic rings. The van der Waals surface area contributed by atoms with E-state index in [9.17, 15) is 9.59 Å². The lowest BCUT2D eigenvalue weighted by molar-refractivity contribution is -0.144. The van der Waals surface area contributed by atoms with Crippen molar-refractivity contribution in [3.63, 3.8) is 0 Å². The molecule has 1 rings (SSSR count). The van der Waals surface area contributed by atoms with Gasteiger partial charge in [-0.15, -0.1) is 0 Å². The smallest absolute Gasteiger partial charge is 0.328 e. The van der Waals surface area contributed by atoms with Crippen LogP contribution in [-0.4, -0.2) is 31.6 Å². The van der Waals surface area contributed by atoms with E-state index in [1.54, 1.807) is 6.08 Å². The first kappa shape index (κ1) is 15.9. The summed E-state index contributed by atoms with van der Waals surface area (Å²) in [6.45, 7) is 0.462. The molecule has 5 heteroatoms. The quantitative estimate of drug-likeness (QED) is 0.577. The molecule has 108 valence electrons. The number of amides is 1. The molecule has 1 amide bonds. The largest absolute Gasteiger partial charge is 0.467 e. The van der Waals surface area contributed by atoms with Crippen molar-refractivity contribution in [3.8, 4) is 0 Å². The maximum Gasteiger partial charge on any atom is 0.328 e. The van der Waals surface area contributed by atoms with E-state index in [2.05, 4.69) is 10.1 Å². The summed E-state index contributed by atoms with van der Waals surface area (Å²) in [6, 6.07) is 8.78. The number of methoxy groups -OCH3 is 1. The van der Waals surface area contributed by atoms with Gasteiger partial charge in [-0.25, -0.2) is 4.79 Å². The number of benzene rings is 1.